The van der Waals surface area contributed by atoms with Crippen molar-refractivity contribution in [1.82, 2.24) is 0 Å². The van der Waals surface area contributed by atoms with Crippen LogP contribution in [0.2, 0.25) is 0 Å². The van der Waals surface area contributed by atoms with Crippen molar-refractivity contribution in [2.24, 2.45) is 0 Å². The molecule has 0 aromatic heterocycles. The molecule has 0 bridgehead atoms. The summed E-state index contributed by atoms with van der Waals surface area (Å²) in [6.45, 7) is 0. The van der Waals surface area contributed by atoms with E-state index in [1.165, 1.54) is 6.07 Å². The summed E-state index contributed by atoms with van der Waals surface area (Å²) in [6, 6.07) is 11.1. The summed E-state index contributed by atoms with van der Waals surface area (Å²) in [7, 11) is -18.1. The topological polar surface area (TPSA) is 333 Å². The maximum Gasteiger partial charge on any atom is 0.337 e. The molecule has 0 aliphatic heterocycles. The summed E-state index contributed by atoms with van der Waals surface area (Å²) in [6.07, 6.45) is 0. The first-order valence-corrected chi connectivity index (χ1v) is 15.5. The van der Waals surface area contributed by atoms with Gasteiger partial charge in [0.2, 0.25) is 0 Å². The molecule has 3 aromatic carbocycles. The number of aromatic carboxylic acids is 1. The van der Waals surface area contributed by atoms with E-state index >= 15 is 0 Å². The largest absolute Gasteiger partial charge is 0.478 e. The average molecular weight is 644 g/mol. The molecular weight excluding hydrogens is 622 g/mol. The highest BCUT2D eigenvalue weighted by atomic mass is 32.2. The number of hydrogen-bond donors (Lipinski definition) is 8. The zero-order valence-corrected chi connectivity index (χ0v) is 22.8. The second-order valence-electron chi connectivity index (χ2n) is 7.19. The van der Waals surface area contributed by atoms with Gasteiger partial charge < -0.3 is 22.3 Å². The third-order valence-corrected chi connectivity index (χ3v) is 7.85. The van der Waals surface area contributed by atoms with Crippen LogP contribution in [0.3, 0.4) is 0 Å². The molecule has 0 aliphatic carbocycles. The summed E-state index contributed by atoms with van der Waals surface area (Å²) < 4.78 is 120. The lowest BCUT2D eigenvalue weighted by molar-refractivity contribution is 0.0698. The Hall–Kier alpha value is -3.83. The summed E-state index contributed by atoms with van der Waals surface area (Å²) in [5.74, 6) is -0.988. The van der Waals surface area contributed by atoms with Crippen molar-refractivity contribution < 1.29 is 61.8 Å². The number of para-hydroxylation sites is 1. The smallest absolute Gasteiger partial charge is 0.337 e. The van der Waals surface area contributed by atoms with E-state index in [1.807, 2.05) is 0 Å². The van der Waals surface area contributed by atoms with Gasteiger partial charge in [-0.25, -0.2) is 4.79 Å². The van der Waals surface area contributed by atoms with Gasteiger partial charge in [-0.15, -0.1) is 0 Å². The quantitative estimate of drug-likeness (QED) is 0.138. The molecule has 0 fully saturated rings. The minimum Gasteiger partial charge on any atom is -0.478 e. The van der Waals surface area contributed by atoms with Gasteiger partial charge in [-0.05, 0) is 48.5 Å². The summed E-state index contributed by atoms with van der Waals surface area (Å²) in [4.78, 5) is 7.75. The van der Waals surface area contributed by atoms with Crippen molar-refractivity contribution in [2.75, 3.05) is 17.2 Å². The van der Waals surface area contributed by atoms with Crippen LogP contribution in [-0.4, -0.2) is 63.0 Å². The van der Waals surface area contributed by atoms with Crippen LogP contribution >= 0.6 is 0 Å². The first kappa shape index (κ1) is 34.2. The Bertz CT molecular complexity index is 1860. The van der Waals surface area contributed by atoms with E-state index in [9.17, 15) is 38.5 Å². The van der Waals surface area contributed by atoms with Crippen LogP contribution in [0.4, 0.5) is 17.1 Å². The normalized spacial score (nSPS) is 11.8. The first-order chi connectivity index (χ1) is 18.0. The van der Waals surface area contributed by atoms with E-state index in [0.29, 0.717) is 11.8 Å². The van der Waals surface area contributed by atoms with Crippen molar-refractivity contribution >= 4 is 63.5 Å². The Morgan fingerprint density at radius 3 is 1.35 bits per heavy atom. The molecule has 0 aliphatic rings. The van der Waals surface area contributed by atoms with Gasteiger partial charge in [0.15, 0.2) is 0 Å². The zero-order valence-electron chi connectivity index (χ0n) is 19.5. The maximum atomic E-state index is 10.7. The summed E-state index contributed by atoms with van der Waals surface area (Å²) in [5.41, 5.74) is 15.4. The molecule has 0 amide bonds. The van der Waals surface area contributed by atoms with Gasteiger partial charge in [0, 0.05) is 5.69 Å². The van der Waals surface area contributed by atoms with Crippen LogP contribution in [0.5, 0.6) is 0 Å². The molecule has 3 rings (SSSR count). The number of nitrogens with two attached hydrogens (primary N) is 3. The molecule has 0 atom stereocenters. The zero-order chi connectivity index (χ0) is 31.3. The highest BCUT2D eigenvalue weighted by Gasteiger charge is 2.19. The molecule has 11 N–H and O–H groups in total. The first-order valence-electron chi connectivity index (χ1n) is 9.73. The molecule has 3 aromatic rings. The minimum atomic E-state index is -4.62. The fourth-order valence-corrected chi connectivity index (χ4v) is 4.85. The fourth-order valence-electron chi connectivity index (χ4n) is 2.51. The highest BCUT2D eigenvalue weighted by molar-refractivity contribution is 7.87. The van der Waals surface area contributed by atoms with Gasteiger partial charge in [0.05, 0.1) is 26.7 Å². The van der Waals surface area contributed by atoms with Crippen molar-refractivity contribution in [3.8, 4) is 0 Å². The average Bonchev–Trinajstić information content (AvgIpc) is 2.77. The molecule has 0 heterocycles. The summed E-state index contributed by atoms with van der Waals surface area (Å²) >= 11 is 0. The van der Waals surface area contributed by atoms with Crippen molar-refractivity contribution in [1.29, 1.82) is 0 Å². The molecule has 0 spiro atoms. The fraction of sp³-hybridized carbons (Fsp3) is 0. The van der Waals surface area contributed by atoms with Crippen LogP contribution < -0.4 is 17.2 Å². The van der Waals surface area contributed by atoms with Crippen LogP contribution in [0, 0.1) is 0 Å². The van der Waals surface area contributed by atoms with E-state index in [4.69, 9.17) is 40.5 Å². The number of hydrogen-bond acceptors (Lipinski definition) is 12. The number of benzene rings is 3. The number of nitrogen functional groups attached to an aromatic ring is 3. The number of rotatable bonds is 5. The Morgan fingerprint density at radius 2 is 0.975 bits per heavy atom. The lowest BCUT2D eigenvalue weighted by atomic mass is 10.2. The molecule has 40 heavy (non-hydrogen) atoms. The Kier molecular flexibility index (Phi) is 10.7. The van der Waals surface area contributed by atoms with Gasteiger partial charge in [-0.3, -0.25) is 18.2 Å². The molecule has 17 nitrogen and oxygen atoms in total. The molecule has 0 unspecified atom stereocenters. The maximum absolute atomic E-state index is 10.7. The number of anilines is 3. The third-order valence-electron chi connectivity index (χ3n) is 4.31. The third kappa shape index (κ3) is 10.0. The highest BCUT2D eigenvalue weighted by Crippen LogP contribution is 2.23. The molecule has 0 saturated carbocycles. The Labute approximate surface area is 227 Å². The van der Waals surface area contributed by atoms with E-state index in [-0.39, 0.29) is 11.3 Å². The predicted molar refractivity (Wildman–Crippen MR) is 139 cm³/mol. The predicted octanol–water partition coefficient (Wildman–Crippen LogP) is 0.491. The Balaban J connectivity index is 0.000000307. The molecular formula is C19H21N3O14S4. The van der Waals surface area contributed by atoms with Crippen molar-refractivity contribution in [2.45, 2.75) is 19.6 Å². The minimum absolute atomic E-state index is 0.155. The number of carbonyl (C=O) groups is 1. The van der Waals surface area contributed by atoms with Crippen LogP contribution in [0.15, 0.2) is 80.2 Å². The second kappa shape index (κ2) is 12.6. The van der Waals surface area contributed by atoms with Crippen LogP contribution in [0.1, 0.15) is 10.4 Å². The van der Waals surface area contributed by atoms with E-state index in [1.54, 1.807) is 18.2 Å². The van der Waals surface area contributed by atoms with Crippen LogP contribution in [0.25, 0.3) is 0 Å². The van der Waals surface area contributed by atoms with Gasteiger partial charge in [0.25, 0.3) is 40.5 Å². The second-order valence-corrected chi connectivity index (χ2v) is 12.8. The van der Waals surface area contributed by atoms with Gasteiger partial charge in [-0.1, -0.05) is 12.1 Å². The lowest BCUT2D eigenvalue weighted by Crippen LogP contribution is -2.06. The number of carboxylic acid groups (broad SMARTS) is 1. The van der Waals surface area contributed by atoms with Crippen molar-refractivity contribution in [3.05, 3.63) is 66.2 Å². The van der Waals surface area contributed by atoms with Gasteiger partial charge in [-0.2, -0.15) is 33.7 Å². The molecule has 220 valence electrons. The van der Waals surface area contributed by atoms with E-state index in [2.05, 4.69) is 0 Å². The lowest BCUT2D eigenvalue weighted by Gasteiger charge is -2.03. The van der Waals surface area contributed by atoms with Gasteiger partial charge >= 0.3 is 5.97 Å². The van der Waals surface area contributed by atoms with Gasteiger partial charge in [0.1, 0.15) is 9.79 Å². The van der Waals surface area contributed by atoms with E-state index in [0.717, 1.165) is 30.3 Å². The molecule has 0 saturated heterocycles. The Morgan fingerprint density at radius 1 is 0.525 bits per heavy atom. The standard InChI is InChI=1S/C7H7NO2.2C6H7NO6S2/c8-6-4-2-1-3-5(6)7(9)10;7-5-3-4(14(8,9)10)1-2-6(5)15(11,12)13;7-5-2-1-4(14(8,9)10)3-6(5)15(11,12)13/h1-4H,8H2,(H,9,10);2*1-3H,7H2,(H,8,9,10)(H,11,12,13). The monoisotopic (exact) mass is 643 g/mol. The molecule has 0 radical (unpaired) electrons. The SMILES string of the molecule is Nc1cc(S(=O)(=O)O)ccc1S(=O)(=O)O.Nc1ccc(S(=O)(=O)O)cc1S(=O)(=O)O.Nc1ccccc1C(=O)O. The van der Waals surface area contributed by atoms with Crippen molar-refractivity contribution in [3.63, 3.8) is 0 Å². The molecule has 21 heteroatoms. The summed E-state index contributed by atoms with van der Waals surface area (Å²) in [5, 5.41) is 8.49. The van der Waals surface area contributed by atoms with E-state index < -0.39 is 71.7 Å². The number of carboxylic acids is 1. The van der Waals surface area contributed by atoms with Crippen LogP contribution in [-0.2, 0) is 40.5 Å².